The Morgan fingerprint density at radius 2 is 1.91 bits per heavy atom. The minimum atomic E-state index is -0.179. The second-order valence-electron chi connectivity index (χ2n) is 9.12. The normalized spacial score (nSPS) is 15.8. The van der Waals surface area contributed by atoms with Crippen LogP contribution in [-0.4, -0.2) is 56.4 Å². The van der Waals surface area contributed by atoms with Crippen molar-refractivity contribution in [3.05, 3.63) is 70.8 Å². The van der Waals surface area contributed by atoms with Gasteiger partial charge in [-0.25, -0.2) is 0 Å². The van der Waals surface area contributed by atoms with Gasteiger partial charge in [-0.15, -0.1) is 0 Å². The summed E-state index contributed by atoms with van der Waals surface area (Å²) in [7, 11) is 5.64. The summed E-state index contributed by atoms with van der Waals surface area (Å²) in [5.41, 5.74) is 3.68. The van der Waals surface area contributed by atoms with Crippen molar-refractivity contribution < 1.29 is 14.3 Å². The average Bonchev–Trinajstić information content (AvgIpc) is 2.75. The first-order valence-corrected chi connectivity index (χ1v) is 10.9. The fourth-order valence-electron chi connectivity index (χ4n) is 3.88. The van der Waals surface area contributed by atoms with Gasteiger partial charge in [-0.05, 0) is 77.2 Å². The molecule has 3 rings (SSSR count). The Bertz CT molecular complexity index is 1020. The molecular weight excluding hydrogens is 402 g/mol. The molecule has 0 aliphatic carbocycles. The molecule has 0 unspecified atom stereocenters. The van der Waals surface area contributed by atoms with Gasteiger partial charge in [0.25, 0.3) is 5.91 Å². The number of carbonyl (C=O) groups is 2. The summed E-state index contributed by atoms with van der Waals surface area (Å²) in [5.74, 6) is 0.427. The Kier molecular flexibility index (Phi) is 7.36. The van der Waals surface area contributed by atoms with Crippen molar-refractivity contribution in [2.45, 2.75) is 32.2 Å². The van der Waals surface area contributed by atoms with Crippen LogP contribution in [0.1, 0.15) is 52.1 Å². The van der Waals surface area contributed by atoms with Crippen LogP contribution in [0.3, 0.4) is 0 Å². The van der Waals surface area contributed by atoms with Gasteiger partial charge in [0.05, 0.1) is 7.11 Å². The van der Waals surface area contributed by atoms with Crippen molar-refractivity contribution in [2.24, 2.45) is 0 Å². The maximum absolute atomic E-state index is 13.1. The molecule has 0 fully saturated rings. The number of methoxy groups -OCH3 is 1. The Morgan fingerprint density at radius 1 is 1.16 bits per heavy atom. The number of hydrogen-bond donors (Lipinski definition) is 2. The van der Waals surface area contributed by atoms with E-state index >= 15 is 0 Å². The molecule has 0 bridgehead atoms. The fourth-order valence-corrected chi connectivity index (χ4v) is 3.88. The SMILES string of the molecule is COc1ccc2c(c1)C(=CC(=O)c1cccc(C(=O)NCCCN(C)C)c1)NC(C)(C)C2. The number of hydrogen-bond acceptors (Lipinski definition) is 5. The summed E-state index contributed by atoms with van der Waals surface area (Å²) in [5, 5.41) is 6.40. The summed E-state index contributed by atoms with van der Waals surface area (Å²) in [6.45, 7) is 5.72. The van der Waals surface area contributed by atoms with Crippen LogP contribution in [0.5, 0.6) is 5.75 Å². The molecule has 0 atom stereocenters. The largest absolute Gasteiger partial charge is 0.497 e. The third-order valence-electron chi connectivity index (χ3n) is 5.47. The van der Waals surface area contributed by atoms with Crippen LogP contribution in [0.25, 0.3) is 5.70 Å². The van der Waals surface area contributed by atoms with Gasteiger partial charge in [0.2, 0.25) is 0 Å². The first-order chi connectivity index (χ1) is 15.2. The number of fused-ring (bicyclic) bond motifs is 1. The van der Waals surface area contributed by atoms with Crippen LogP contribution in [0, 0.1) is 0 Å². The molecule has 0 saturated heterocycles. The van der Waals surface area contributed by atoms with E-state index in [1.165, 1.54) is 5.56 Å². The zero-order chi connectivity index (χ0) is 23.3. The fraction of sp³-hybridized carbons (Fsp3) is 0.385. The minimum Gasteiger partial charge on any atom is -0.497 e. The molecule has 32 heavy (non-hydrogen) atoms. The summed E-state index contributed by atoms with van der Waals surface area (Å²) in [6, 6.07) is 12.8. The Hall–Kier alpha value is -3.12. The molecule has 170 valence electrons. The maximum Gasteiger partial charge on any atom is 0.251 e. The van der Waals surface area contributed by atoms with E-state index < -0.39 is 0 Å². The van der Waals surface area contributed by atoms with Crippen LogP contribution < -0.4 is 15.4 Å². The van der Waals surface area contributed by atoms with E-state index in [1.54, 1.807) is 37.5 Å². The van der Waals surface area contributed by atoms with Crippen LogP contribution in [0.2, 0.25) is 0 Å². The highest BCUT2D eigenvalue weighted by molar-refractivity contribution is 6.10. The van der Waals surface area contributed by atoms with Crippen molar-refractivity contribution in [2.75, 3.05) is 34.3 Å². The Labute approximate surface area is 190 Å². The van der Waals surface area contributed by atoms with E-state index in [0.717, 1.165) is 36.4 Å². The molecule has 2 aromatic rings. The van der Waals surface area contributed by atoms with Crippen LogP contribution in [0.4, 0.5) is 0 Å². The minimum absolute atomic E-state index is 0.152. The highest BCUT2D eigenvalue weighted by atomic mass is 16.5. The van der Waals surface area contributed by atoms with Crippen molar-refractivity contribution in [3.63, 3.8) is 0 Å². The van der Waals surface area contributed by atoms with E-state index in [1.807, 2.05) is 26.2 Å². The molecule has 6 nitrogen and oxygen atoms in total. The highest BCUT2D eigenvalue weighted by Gasteiger charge is 2.28. The second-order valence-corrected chi connectivity index (χ2v) is 9.12. The first-order valence-electron chi connectivity index (χ1n) is 10.9. The molecule has 2 aromatic carbocycles. The molecule has 1 amide bonds. The number of amides is 1. The van der Waals surface area contributed by atoms with Crippen LogP contribution in [0.15, 0.2) is 48.5 Å². The van der Waals surface area contributed by atoms with E-state index in [-0.39, 0.29) is 17.2 Å². The number of nitrogens with one attached hydrogen (secondary N) is 2. The predicted octanol–water partition coefficient (Wildman–Crippen LogP) is 3.52. The molecular formula is C26H33N3O3. The second kappa shape index (κ2) is 10.0. The third-order valence-corrected chi connectivity index (χ3v) is 5.47. The number of ether oxygens (including phenoxy) is 1. The van der Waals surface area contributed by atoms with Gasteiger partial charge in [-0.2, -0.15) is 0 Å². The van der Waals surface area contributed by atoms with E-state index in [4.69, 9.17) is 4.74 Å². The third kappa shape index (κ3) is 5.98. The number of ketones is 1. The lowest BCUT2D eigenvalue weighted by atomic mass is 9.85. The van der Waals surface area contributed by atoms with Gasteiger partial charge in [0.1, 0.15) is 5.75 Å². The van der Waals surface area contributed by atoms with Crippen molar-refractivity contribution in [1.29, 1.82) is 0 Å². The molecule has 6 heteroatoms. The molecule has 0 aromatic heterocycles. The predicted molar refractivity (Wildman–Crippen MR) is 128 cm³/mol. The van der Waals surface area contributed by atoms with Gasteiger partial charge in [0, 0.05) is 40.5 Å². The van der Waals surface area contributed by atoms with Gasteiger partial charge < -0.3 is 20.3 Å². The first kappa shape index (κ1) is 23.5. The quantitative estimate of drug-likeness (QED) is 0.377. The number of rotatable bonds is 8. The number of nitrogens with zero attached hydrogens (tertiary/aromatic N) is 1. The number of allylic oxidation sites excluding steroid dienone is 1. The Balaban J connectivity index is 1.81. The maximum atomic E-state index is 13.1. The van der Waals surface area contributed by atoms with E-state index in [0.29, 0.717) is 17.7 Å². The smallest absolute Gasteiger partial charge is 0.251 e. The zero-order valence-corrected chi connectivity index (χ0v) is 19.6. The molecule has 0 radical (unpaired) electrons. The lowest BCUT2D eigenvalue weighted by Crippen LogP contribution is -2.43. The van der Waals surface area contributed by atoms with Gasteiger partial charge in [0.15, 0.2) is 5.78 Å². The highest BCUT2D eigenvalue weighted by Crippen LogP contribution is 2.32. The summed E-state index contributed by atoms with van der Waals surface area (Å²) in [4.78, 5) is 27.7. The lowest BCUT2D eigenvalue weighted by molar-refractivity contribution is 0.0952. The molecule has 1 heterocycles. The van der Waals surface area contributed by atoms with Crippen LogP contribution >= 0.6 is 0 Å². The number of carbonyl (C=O) groups excluding carboxylic acids is 2. The van der Waals surface area contributed by atoms with Gasteiger partial charge in [-0.1, -0.05) is 18.2 Å². The van der Waals surface area contributed by atoms with E-state index in [9.17, 15) is 9.59 Å². The zero-order valence-electron chi connectivity index (χ0n) is 19.6. The van der Waals surface area contributed by atoms with Crippen molar-refractivity contribution in [3.8, 4) is 5.75 Å². The number of benzene rings is 2. The van der Waals surface area contributed by atoms with Crippen LogP contribution in [-0.2, 0) is 6.42 Å². The molecule has 1 aliphatic rings. The van der Waals surface area contributed by atoms with Gasteiger partial charge in [-0.3, -0.25) is 9.59 Å². The molecule has 1 aliphatic heterocycles. The molecule has 0 spiro atoms. The lowest BCUT2D eigenvalue weighted by Gasteiger charge is -2.35. The van der Waals surface area contributed by atoms with Gasteiger partial charge >= 0.3 is 0 Å². The standard InChI is InChI=1S/C26H33N3O3/c1-26(2)17-20-10-11-21(32-5)15-22(20)23(28-26)16-24(30)18-8-6-9-19(14-18)25(31)27-12-7-13-29(3)4/h6,8-11,14-16,28H,7,12-13,17H2,1-5H3,(H,27,31). The van der Waals surface area contributed by atoms with E-state index in [2.05, 4.69) is 35.4 Å². The Morgan fingerprint density at radius 3 is 2.62 bits per heavy atom. The average molecular weight is 436 g/mol. The van der Waals surface area contributed by atoms with Crippen molar-refractivity contribution in [1.82, 2.24) is 15.5 Å². The summed E-state index contributed by atoms with van der Waals surface area (Å²) < 4.78 is 5.38. The summed E-state index contributed by atoms with van der Waals surface area (Å²) in [6.07, 6.45) is 3.34. The molecule has 2 N–H and O–H groups in total. The summed E-state index contributed by atoms with van der Waals surface area (Å²) >= 11 is 0. The monoisotopic (exact) mass is 435 g/mol. The molecule has 0 saturated carbocycles. The van der Waals surface area contributed by atoms with Crippen molar-refractivity contribution >= 4 is 17.4 Å². The topological polar surface area (TPSA) is 70.7 Å².